The number of amides is 2. The Morgan fingerprint density at radius 1 is 1.10 bits per heavy atom. The lowest BCUT2D eigenvalue weighted by atomic mass is 10.1. The summed E-state index contributed by atoms with van der Waals surface area (Å²) in [5.74, 6) is -0.814. The summed E-state index contributed by atoms with van der Waals surface area (Å²) in [5.41, 5.74) is -1.98. The van der Waals surface area contributed by atoms with E-state index in [1.54, 1.807) is 6.07 Å². The van der Waals surface area contributed by atoms with Gasteiger partial charge in [0.2, 0.25) is 11.8 Å². The summed E-state index contributed by atoms with van der Waals surface area (Å²) in [6.45, 7) is 2.72. The zero-order valence-corrected chi connectivity index (χ0v) is 16.7. The molecule has 0 aliphatic rings. The van der Waals surface area contributed by atoms with Crippen molar-refractivity contribution in [3.63, 3.8) is 0 Å². The number of ether oxygens (including phenoxy) is 1. The lowest BCUT2D eigenvalue weighted by Gasteiger charge is -2.19. The van der Waals surface area contributed by atoms with Gasteiger partial charge in [0.25, 0.3) is 5.69 Å². The highest BCUT2D eigenvalue weighted by atomic mass is 19.4. The maximum absolute atomic E-state index is 13.3. The number of nitrogens with zero attached hydrogens (tertiary/aromatic N) is 1. The Morgan fingerprint density at radius 3 is 2.32 bits per heavy atom. The third-order valence-corrected chi connectivity index (χ3v) is 4.06. The summed E-state index contributed by atoms with van der Waals surface area (Å²) >= 11 is 0. The number of nitrogens with one attached hydrogen (secondary N) is 3. The molecule has 0 saturated heterocycles. The van der Waals surface area contributed by atoms with Gasteiger partial charge in [-0.3, -0.25) is 19.7 Å². The maximum Gasteiger partial charge on any atom is 0.418 e. The van der Waals surface area contributed by atoms with Crippen LogP contribution in [0.25, 0.3) is 0 Å². The summed E-state index contributed by atoms with van der Waals surface area (Å²) in [6.07, 6.45) is -4.92. The minimum Gasteiger partial charge on any atom is -0.495 e. The molecule has 12 heteroatoms. The fraction of sp³-hybridized carbons (Fsp3) is 0.263. The van der Waals surface area contributed by atoms with Gasteiger partial charge in [-0.2, -0.15) is 13.2 Å². The Bertz CT molecular complexity index is 1010. The van der Waals surface area contributed by atoms with E-state index in [0.29, 0.717) is 23.2 Å². The molecular formula is C19H19F3N4O5. The number of rotatable bonds is 7. The van der Waals surface area contributed by atoms with Gasteiger partial charge in [-0.05, 0) is 31.2 Å². The third kappa shape index (κ3) is 6.07. The number of methoxy groups -OCH3 is 1. The number of benzene rings is 2. The van der Waals surface area contributed by atoms with Crippen molar-refractivity contribution in [3.8, 4) is 5.75 Å². The highest BCUT2D eigenvalue weighted by Crippen LogP contribution is 2.37. The summed E-state index contributed by atoms with van der Waals surface area (Å²) in [5, 5.41) is 18.3. The average molecular weight is 440 g/mol. The van der Waals surface area contributed by atoms with Gasteiger partial charge >= 0.3 is 6.18 Å². The highest BCUT2D eigenvalue weighted by Gasteiger charge is 2.36. The second-order valence-electron chi connectivity index (χ2n) is 6.44. The number of non-ortho nitro benzene ring substituents is 1. The van der Waals surface area contributed by atoms with Crippen molar-refractivity contribution in [2.75, 3.05) is 23.1 Å². The smallest absolute Gasteiger partial charge is 0.418 e. The molecule has 0 aromatic heterocycles. The molecule has 1 atom stereocenters. The standard InChI is InChI=1S/C19H19F3N4O5/c1-10(23-16-8-12(24-11(2)27)4-7-17(16)31-3)18(28)25-15-6-5-13(26(29)30)9-14(15)19(20,21)22/h4-10,23H,1-3H3,(H,24,27)(H,25,28)/t10-/m1/s1. The molecule has 0 aliphatic heterocycles. The first kappa shape index (κ1) is 23.4. The summed E-state index contributed by atoms with van der Waals surface area (Å²) in [7, 11) is 1.38. The number of nitro benzene ring substituents is 1. The molecule has 0 aliphatic carbocycles. The topological polar surface area (TPSA) is 123 Å². The molecule has 0 saturated carbocycles. The lowest BCUT2D eigenvalue weighted by molar-refractivity contribution is -0.385. The van der Waals surface area contributed by atoms with Crippen molar-refractivity contribution in [1.29, 1.82) is 0 Å². The first-order valence-corrected chi connectivity index (χ1v) is 8.81. The van der Waals surface area contributed by atoms with Crippen LogP contribution < -0.4 is 20.7 Å². The molecule has 0 bridgehead atoms. The molecule has 2 amide bonds. The Morgan fingerprint density at radius 2 is 1.77 bits per heavy atom. The monoisotopic (exact) mass is 440 g/mol. The van der Waals surface area contributed by atoms with Gasteiger partial charge in [-0.25, -0.2) is 0 Å². The molecule has 0 unspecified atom stereocenters. The fourth-order valence-electron chi connectivity index (χ4n) is 2.63. The molecule has 2 rings (SSSR count). The van der Waals surface area contributed by atoms with E-state index >= 15 is 0 Å². The third-order valence-electron chi connectivity index (χ3n) is 4.06. The van der Waals surface area contributed by atoms with Crippen LogP contribution in [0.4, 0.5) is 35.9 Å². The van der Waals surface area contributed by atoms with Crippen molar-refractivity contribution in [1.82, 2.24) is 0 Å². The summed E-state index contributed by atoms with van der Waals surface area (Å²) in [6, 6.07) is 5.62. The van der Waals surface area contributed by atoms with Crippen LogP contribution in [-0.4, -0.2) is 29.9 Å². The van der Waals surface area contributed by atoms with Crippen molar-refractivity contribution in [2.45, 2.75) is 26.1 Å². The van der Waals surface area contributed by atoms with Crippen molar-refractivity contribution < 1.29 is 32.4 Å². The highest BCUT2D eigenvalue weighted by molar-refractivity contribution is 5.97. The maximum atomic E-state index is 13.3. The molecule has 2 aromatic rings. The molecule has 0 spiro atoms. The molecule has 31 heavy (non-hydrogen) atoms. The quantitative estimate of drug-likeness (QED) is 0.442. The van der Waals surface area contributed by atoms with E-state index in [4.69, 9.17) is 4.74 Å². The zero-order valence-electron chi connectivity index (χ0n) is 16.7. The normalized spacial score (nSPS) is 11.9. The SMILES string of the molecule is COc1ccc(NC(C)=O)cc1N[C@H](C)C(=O)Nc1ccc([N+](=O)[O-])cc1C(F)(F)F. The lowest BCUT2D eigenvalue weighted by Crippen LogP contribution is -2.32. The van der Waals surface area contributed by atoms with Crippen LogP contribution in [-0.2, 0) is 15.8 Å². The Hall–Kier alpha value is -3.83. The van der Waals surface area contributed by atoms with E-state index < -0.39 is 40.0 Å². The van der Waals surface area contributed by atoms with Crippen molar-refractivity contribution >= 4 is 34.6 Å². The van der Waals surface area contributed by atoms with Crippen molar-refractivity contribution in [3.05, 3.63) is 52.1 Å². The minimum atomic E-state index is -4.92. The first-order chi connectivity index (χ1) is 14.4. The number of anilines is 3. The van der Waals surface area contributed by atoms with Gasteiger partial charge in [-0.15, -0.1) is 0 Å². The minimum absolute atomic E-state index is 0.316. The van der Waals surface area contributed by atoms with Gasteiger partial charge in [0.05, 0.1) is 29.0 Å². The van der Waals surface area contributed by atoms with Gasteiger partial charge in [-0.1, -0.05) is 0 Å². The molecule has 2 aromatic carbocycles. The van der Waals surface area contributed by atoms with Crippen LogP contribution in [0.3, 0.4) is 0 Å². The van der Waals surface area contributed by atoms with Crippen LogP contribution in [0.1, 0.15) is 19.4 Å². The van der Waals surface area contributed by atoms with Crippen LogP contribution >= 0.6 is 0 Å². The number of alkyl halides is 3. The van der Waals surface area contributed by atoms with Gasteiger partial charge in [0.15, 0.2) is 0 Å². The molecule has 0 fully saturated rings. The molecule has 3 N–H and O–H groups in total. The number of nitro groups is 1. The van der Waals surface area contributed by atoms with Crippen LogP contribution in [0, 0.1) is 10.1 Å². The van der Waals surface area contributed by atoms with Gasteiger partial charge < -0.3 is 20.7 Å². The van der Waals surface area contributed by atoms with Crippen molar-refractivity contribution in [2.24, 2.45) is 0 Å². The number of carbonyl (C=O) groups excluding carboxylic acids is 2. The molecular weight excluding hydrogens is 421 g/mol. The fourth-order valence-corrected chi connectivity index (χ4v) is 2.63. The second-order valence-corrected chi connectivity index (χ2v) is 6.44. The van der Waals surface area contributed by atoms with Crippen LogP contribution in [0.5, 0.6) is 5.75 Å². The average Bonchev–Trinajstić information content (AvgIpc) is 2.67. The Balaban J connectivity index is 2.25. The first-order valence-electron chi connectivity index (χ1n) is 8.81. The number of hydrogen-bond donors (Lipinski definition) is 3. The van der Waals surface area contributed by atoms with E-state index in [-0.39, 0.29) is 5.91 Å². The van der Waals surface area contributed by atoms with Crippen LogP contribution in [0.15, 0.2) is 36.4 Å². The molecule has 9 nitrogen and oxygen atoms in total. The molecule has 0 radical (unpaired) electrons. The Kier molecular flexibility index (Phi) is 7.05. The van der Waals surface area contributed by atoms with E-state index in [9.17, 15) is 32.9 Å². The predicted octanol–water partition coefficient (Wildman–Crippen LogP) is 4.02. The second kappa shape index (κ2) is 9.32. The number of carbonyl (C=O) groups is 2. The molecule has 166 valence electrons. The van der Waals surface area contributed by atoms with Gasteiger partial charge in [0.1, 0.15) is 11.8 Å². The van der Waals surface area contributed by atoms with Crippen LogP contribution in [0.2, 0.25) is 0 Å². The number of halogens is 3. The summed E-state index contributed by atoms with van der Waals surface area (Å²) in [4.78, 5) is 33.5. The molecule has 0 heterocycles. The largest absolute Gasteiger partial charge is 0.495 e. The van der Waals surface area contributed by atoms with E-state index in [1.807, 2.05) is 0 Å². The van der Waals surface area contributed by atoms with E-state index in [2.05, 4.69) is 16.0 Å². The zero-order chi connectivity index (χ0) is 23.3. The predicted molar refractivity (Wildman–Crippen MR) is 107 cm³/mol. The van der Waals surface area contributed by atoms with Gasteiger partial charge in [0, 0.05) is 24.7 Å². The number of hydrogen-bond acceptors (Lipinski definition) is 6. The van der Waals surface area contributed by atoms with E-state index in [0.717, 1.165) is 12.1 Å². The summed E-state index contributed by atoms with van der Waals surface area (Å²) < 4.78 is 45.1. The van der Waals surface area contributed by atoms with E-state index in [1.165, 1.54) is 33.1 Å². The Labute approximate surface area is 174 Å².